The Kier molecular flexibility index (Phi) is 6.13. The summed E-state index contributed by atoms with van der Waals surface area (Å²) in [5, 5.41) is 0. The zero-order chi connectivity index (χ0) is 17.0. The van der Waals surface area contributed by atoms with Gasteiger partial charge in [0.2, 0.25) is 5.91 Å². The standard InChI is InChI=1S/C18H32N2O4/c1-19(2)17(21)12-23-7-3-15-4-10-24-18(11-15)13-20(14-18)16-5-8-22-9-6-16/h15-16H,3-14H2,1-2H3/t15-/m1/s1. The van der Waals surface area contributed by atoms with E-state index < -0.39 is 0 Å². The average Bonchev–Trinajstić information content (AvgIpc) is 2.57. The molecular weight excluding hydrogens is 308 g/mol. The van der Waals surface area contributed by atoms with Crippen molar-refractivity contribution in [3.05, 3.63) is 0 Å². The van der Waals surface area contributed by atoms with Crippen LogP contribution < -0.4 is 0 Å². The van der Waals surface area contributed by atoms with Crippen molar-refractivity contribution in [2.45, 2.75) is 43.7 Å². The second-order valence-corrected chi connectivity index (χ2v) is 7.77. The molecule has 0 aromatic heterocycles. The molecule has 1 spiro atoms. The van der Waals surface area contributed by atoms with Crippen LogP contribution in [-0.4, -0.2) is 87.6 Å². The summed E-state index contributed by atoms with van der Waals surface area (Å²) in [6, 6.07) is 0.689. The third-order valence-electron chi connectivity index (χ3n) is 5.68. The van der Waals surface area contributed by atoms with E-state index >= 15 is 0 Å². The van der Waals surface area contributed by atoms with Gasteiger partial charge in [0, 0.05) is 59.7 Å². The maximum atomic E-state index is 11.5. The number of rotatable bonds is 6. The predicted octanol–water partition coefficient (Wildman–Crippen LogP) is 1.14. The summed E-state index contributed by atoms with van der Waals surface area (Å²) in [6.07, 6.45) is 5.60. The third kappa shape index (κ3) is 4.48. The van der Waals surface area contributed by atoms with E-state index in [1.54, 1.807) is 19.0 Å². The Bertz CT molecular complexity index is 417. The van der Waals surface area contributed by atoms with Gasteiger partial charge in [-0.25, -0.2) is 0 Å². The van der Waals surface area contributed by atoms with Crippen molar-refractivity contribution in [3.8, 4) is 0 Å². The molecular formula is C18H32N2O4. The zero-order valence-electron chi connectivity index (χ0n) is 15.2. The fourth-order valence-corrected chi connectivity index (χ4v) is 4.14. The zero-order valence-corrected chi connectivity index (χ0v) is 15.2. The summed E-state index contributed by atoms with van der Waals surface area (Å²) < 4.78 is 17.2. The van der Waals surface area contributed by atoms with Crippen molar-refractivity contribution in [2.24, 2.45) is 5.92 Å². The lowest BCUT2D eigenvalue weighted by Gasteiger charge is -2.56. The van der Waals surface area contributed by atoms with Gasteiger partial charge in [0.05, 0.1) is 5.60 Å². The number of likely N-dealkylation sites (N-methyl/N-ethyl adjacent to an activating group) is 1. The Balaban J connectivity index is 1.35. The minimum atomic E-state index is 0.0320. The molecule has 3 saturated heterocycles. The highest BCUT2D eigenvalue weighted by molar-refractivity contribution is 5.76. The largest absolute Gasteiger partial charge is 0.381 e. The second kappa shape index (κ2) is 8.13. The van der Waals surface area contributed by atoms with E-state index in [4.69, 9.17) is 14.2 Å². The van der Waals surface area contributed by atoms with Gasteiger partial charge in [0.25, 0.3) is 0 Å². The lowest BCUT2D eigenvalue weighted by molar-refractivity contribution is -0.195. The Morgan fingerprint density at radius 2 is 1.96 bits per heavy atom. The van der Waals surface area contributed by atoms with Crippen LogP contribution in [0.1, 0.15) is 32.1 Å². The lowest BCUT2D eigenvalue weighted by Crippen LogP contribution is -2.68. The number of hydrogen-bond acceptors (Lipinski definition) is 5. The number of nitrogens with zero attached hydrogens (tertiary/aromatic N) is 2. The van der Waals surface area contributed by atoms with E-state index in [0.29, 0.717) is 18.6 Å². The predicted molar refractivity (Wildman–Crippen MR) is 91.0 cm³/mol. The molecule has 3 aliphatic heterocycles. The highest BCUT2D eigenvalue weighted by atomic mass is 16.5. The van der Waals surface area contributed by atoms with Crippen molar-refractivity contribution in [2.75, 3.05) is 60.2 Å². The van der Waals surface area contributed by atoms with Crippen molar-refractivity contribution >= 4 is 5.91 Å². The van der Waals surface area contributed by atoms with Crippen LogP contribution in [0.4, 0.5) is 0 Å². The Labute approximate surface area is 145 Å². The molecule has 24 heavy (non-hydrogen) atoms. The summed E-state index contributed by atoms with van der Waals surface area (Å²) in [4.78, 5) is 15.7. The number of amides is 1. The summed E-state index contributed by atoms with van der Waals surface area (Å²) >= 11 is 0. The molecule has 0 radical (unpaired) electrons. The normalized spacial score (nSPS) is 27.8. The van der Waals surface area contributed by atoms with Gasteiger partial charge in [0.1, 0.15) is 6.61 Å². The molecule has 0 bridgehead atoms. The van der Waals surface area contributed by atoms with Gasteiger partial charge in [-0.2, -0.15) is 0 Å². The topological polar surface area (TPSA) is 51.2 Å². The van der Waals surface area contributed by atoms with Crippen LogP contribution in [0, 0.1) is 5.92 Å². The van der Waals surface area contributed by atoms with Crippen molar-refractivity contribution in [1.82, 2.24) is 9.80 Å². The molecule has 3 fully saturated rings. The molecule has 0 aromatic rings. The molecule has 138 valence electrons. The van der Waals surface area contributed by atoms with Crippen LogP contribution in [0.2, 0.25) is 0 Å². The van der Waals surface area contributed by atoms with E-state index in [-0.39, 0.29) is 18.1 Å². The number of ether oxygens (including phenoxy) is 3. The van der Waals surface area contributed by atoms with E-state index in [1.807, 2.05) is 0 Å². The molecule has 1 atom stereocenters. The van der Waals surface area contributed by atoms with Gasteiger partial charge < -0.3 is 19.1 Å². The van der Waals surface area contributed by atoms with Crippen LogP contribution in [-0.2, 0) is 19.0 Å². The van der Waals surface area contributed by atoms with Crippen LogP contribution in [0.15, 0.2) is 0 Å². The fourth-order valence-electron chi connectivity index (χ4n) is 4.14. The molecule has 3 rings (SSSR count). The van der Waals surface area contributed by atoms with Gasteiger partial charge in [-0.15, -0.1) is 0 Å². The number of carbonyl (C=O) groups excluding carboxylic acids is 1. The Morgan fingerprint density at radius 3 is 2.67 bits per heavy atom. The molecule has 0 saturated carbocycles. The average molecular weight is 340 g/mol. The van der Waals surface area contributed by atoms with Gasteiger partial charge in [-0.05, 0) is 38.0 Å². The van der Waals surface area contributed by atoms with E-state index in [0.717, 1.165) is 65.0 Å². The fraction of sp³-hybridized carbons (Fsp3) is 0.944. The van der Waals surface area contributed by atoms with Gasteiger partial charge >= 0.3 is 0 Å². The molecule has 3 heterocycles. The van der Waals surface area contributed by atoms with Crippen molar-refractivity contribution in [1.29, 1.82) is 0 Å². The van der Waals surface area contributed by atoms with Crippen molar-refractivity contribution < 1.29 is 19.0 Å². The first-order chi connectivity index (χ1) is 11.6. The molecule has 0 unspecified atom stereocenters. The molecule has 0 N–H and O–H groups in total. The Morgan fingerprint density at radius 1 is 1.21 bits per heavy atom. The maximum absolute atomic E-state index is 11.5. The molecule has 3 aliphatic rings. The summed E-state index contributed by atoms with van der Waals surface area (Å²) in [5.41, 5.74) is 0.0840. The first-order valence-corrected chi connectivity index (χ1v) is 9.32. The monoisotopic (exact) mass is 340 g/mol. The van der Waals surface area contributed by atoms with Crippen LogP contribution in [0.3, 0.4) is 0 Å². The second-order valence-electron chi connectivity index (χ2n) is 7.77. The van der Waals surface area contributed by atoms with E-state index in [2.05, 4.69) is 4.90 Å². The molecule has 0 aromatic carbocycles. The minimum absolute atomic E-state index is 0.0320. The first kappa shape index (κ1) is 18.1. The maximum Gasteiger partial charge on any atom is 0.248 e. The molecule has 0 aliphatic carbocycles. The van der Waals surface area contributed by atoms with Gasteiger partial charge in [-0.1, -0.05) is 0 Å². The van der Waals surface area contributed by atoms with Crippen LogP contribution in [0.25, 0.3) is 0 Å². The molecule has 1 amide bonds. The first-order valence-electron chi connectivity index (χ1n) is 9.32. The third-order valence-corrected chi connectivity index (χ3v) is 5.68. The summed E-state index contributed by atoms with van der Waals surface area (Å²) in [7, 11) is 3.52. The lowest BCUT2D eigenvalue weighted by atomic mass is 9.78. The van der Waals surface area contributed by atoms with Gasteiger partial charge in [0.15, 0.2) is 0 Å². The molecule has 6 heteroatoms. The highest BCUT2D eigenvalue weighted by Gasteiger charge is 2.49. The Hall–Kier alpha value is -0.690. The summed E-state index contributed by atoms with van der Waals surface area (Å²) in [5.74, 6) is 0.689. The number of hydrogen-bond donors (Lipinski definition) is 0. The number of likely N-dealkylation sites (tertiary alicyclic amines) is 1. The smallest absolute Gasteiger partial charge is 0.248 e. The quantitative estimate of drug-likeness (QED) is 0.679. The molecule has 6 nitrogen and oxygen atoms in total. The van der Waals surface area contributed by atoms with E-state index in [9.17, 15) is 4.79 Å². The highest BCUT2D eigenvalue weighted by Crippen LogP contribution is 2.40. The van der Waals surface area contributed by atoms with Gasteiger partial charge in [-0.3, -0.25) is 9.69 Å². The SMILES string of the molecule is CN(C)C(=O)COCC[C@@H]1CCOC2(C1)CN(C1CCOCC1)C2. The van der Waals surface area contributed by atoms with Crippen LogP contribution in [0.5, 0.6) is 0 Å². The number of carbonyl (C=O) groups is 1. The minimum Gasteiger partial charge on any atom is -0.381 e. The van der Waals surface area contributed by atoms with Crippen LogP contribution >= 0.6 is 0 Å². The van der Waals surface area contributed by atoms with E-state index in [1.165, 1.54) is 0 Å². The summed E-state index contributed by atoms with van der Waals surface area (Å²) in [6.45, 7) is 5.69. The van der Waals surface area contributed by atoms with Crippen molar-refractivity contribution in [3.63, 3.8) is 0 Å².